The smallest absolute Gasteiger partial charge is 0.230 e. The number of hydrogen-bond donors (Lipinski definition) is 0. The zero-order chi connectivity index (χ0) is 25.2. The van der Waals surface area contributed by atoms with Crippen molar-refractivity contribution in [1.29, 1.82) is 0 Å². The first kappa shape index (κ1) is 25.0. The van der Waals surface area contributed by atoms with Crippen LogP contribution in [0.25, 0.3) is 10.2 Å². The summed E-state index contributed by atoms with van der Waals surface area (Å²) in [5, 5.41) is 0.354. The average Bonchev–Trinajstić information content (AvgIpc) is 3.24. The third-order valence-electron chi connectivity index (χ3n) is 5.34. The van der Waals surface area contributed by atoms with E-state index in [4.69, 9.17) is 0 Å². The number of sulfone groups is 2. The van der Waals surface area contributed by atoms with Crippen molar-refractivity contribution in [2.75, 3.05) is 16.9 Å². The molecule has 4 rings (SSSR count). The Morgan fingerprint density at radius 3 is 2.37 bits per heavy atom. The molecule has 0 N–H and O–H groups in total. The minimum absolute atomic E-state index is 0.149. The van der Waals surface area contributed by atoms with Gasteiger partial charge in [0.15, 0.2) is 24.8 Å². The van der Waals surface area contributed by atoms with Gasteiger partial charge in [-0.2, -0.15) is 0 Å². The second kappa shape index (κ2) is 9.84. The van der Waals surface area contributed by atoms with Crippen LogP contribution >= 0.6 is 11.3 Å². The van der Waals surface area contributed by atoms with E-state index in [9.17, 15) is 21.6 Å². The van der Waals surface area contributed by atoms with Crippen LogP contribution in [0, 0.1) is 6.92 Å². The first-order chi connectivity index (χ1) is 16.5. The van der Waals surface area contributed by atoms with E-state index < -0.39 is 25.6 Å². The van der Waals surface area contributed by atoms with Gasteiger partial charge in [-0.1, -0.05) is 35.1 Å². The van der Waals surface area contributed by atoms with Crippen molar-refractivity contribution in [3.63, 3.8) is 0 Å². The number of amides is 1. The standard InChI is InChI=1S/C24H23N3O5S3/c1-17-5-7-19(8-6-17)35(31,32)13-11-23(28)27(16-18-4-3-12-25-15-18)24-26-21-10-9-20(34(2,29)30)14-22(21)33-24/h3-10,12,14-15H,11,13,16H2,1-2H3. The summed E-state index contributed by atoms with van der Waals surface area (Å²) in [7, 11) is -7.05. The highest BCUT2D eigenvalue weighted by Gasteiger charge is 2.24. The minimum atomic E-state index is -3.65. The SMILES string of the molecule is Cc1ccc(S(=O)(=O)CCC(=O)N(Cc2cccnc2)c2nc3ccc(S(C)(=O)=O)cc3s2)cc1. The fourth-order valence-electron chi connectivity index (χ4n) is 3.40. The van der Waals surface area contributed by atoms with E-state index >= 15 is 0 Å². The number of rotatable bonds is 8. The second-order valence-corrected chi connectivity index (χ2v) is 13.3. The molecule has 182 valence electrons. The van der Waals surface area contributed by atoms with Crippen molar-refractivity contribution in [3.05, 3.63) is 78.1 Å². The Morgan fingerprint density at radius 1 is 1.00 bits per heavy atom. The van der Waals surface area contributed by atoms with Gasteiger partial charge in [0.1, 0.15) is 0 Å². The molecule has 35 heavy (non-hydrogen) atoms. The van der Waals surface area contributed by atoms with E-state index in [-0.39, 0.29) is 28.5 Å². The number of hydrogen-bond acceptors (Lipinski definition) is 8. The van der Waals surface area contributed by atoms with E-state index in [1.165, 1.54) is 40.5 Å². The van der Waals surface area contributed by atoms with E-state index in [0.717, 1.165) is 17.4 Å². The van der Waals surface area contributed by atoms with E-state index in [1.807, 2.05) is 13.0 Å². The number of fused-ring (bicyclic) bond motifs is 1. The molecule has 0 aliphatic carbocycles. The van der Waals surface area contributed by atoms with E-state index in [2.05, 4.69) is 9.97 Å². The fourth-order valence-corrected chi connectivity index (χ4v) is 6.37. The number of nitrogens with zero attached hydrogens (tertiary/aromatic N) is 3. The van der Waals surface area contributed by atoms with Gasteiger partial charge < -0.3 is 0 Å². The largest absolute Gasteiger partial charge is 0.284 e. The van der Waals surface area contributed by atoms with Gasteiger partial charge in [-0.25, -0.2) is 21.8 Å². The van der Waals surface area contributed by atoms with Gasteiger partial charge in [-0.05, 0) is 48.9 Å². The molecule has 4 aromatic rings. The number of thiazole rings is 1. The van der Waals surface area contributed by atoms with Crippen LogP contribution < -0.4 is 4.90 Å². The molecular weight excluding hydrogens is 506 g/mol. The molecule has 1 amide bonds. The molecular formula is C24H23N3O5S3. The summed E-state index contributed by atoms with van der Waals surface area (Å²) < 4.78 is 50.1. The average molecular weight is 530 g/mol. The highest BCUT2D eigenvalue weighted by molar-refractivity contribution is 7.91. The number of benzene rings is 2. The molecule has 0 aliphatic heterocycles. The molecule has 0 saturated heterocycles. The molecule has 2 heterocycles. The highest BCUT2D eigenvalue weighted by atomic mass is 32.2. The maximum Gasteiger partial charge on any atom is 0.230 e. The predicted octanol–water partition coefficient (Wildman–Crippen LogP) is 3.80. The summed E-state index contributed by atoms with van der Waals surface area (Å²) in [5.41, 5.74) is 2.24. The number of carbonyl (C=O) groups is 1. The topological polar surface area (TPSA) is 114 Å². The Kier molecular flexibility index (Phi) is 7.02. The molecule has 11 heteroatoms. The first-order valence-corrected chi connectivity index (χ1v) is 15.0. The Labute approximate surface area is 208 Å². The lowest BCUT2D eigenvalue weighted by Crippen LogP contribution is -2.31. The summed E-state index contributed by atoms with van der Waals surface area (Å²) in [4.78, 5) is 23.7. The summed E-state index contributed by atoms with van der Waals surface area (Å²) in [6.45, 7) is 2.02. The highest BCUT2D eigenvalue weighted by Crippen LogP contribution is 2.32. The van der Waals surface area contributed by atoms with Crippen LogP contribution in [0.5, 0.6) is 0 Å². The first-order valence-electron chi connectivity index (χ1n) is 10.6. The Bertz CT molecular complexity index is 1580. The van der Waals surface area contributed by atoms with Gasteiger partial charge in [0.2, 0.25) is 5.91 Å². The molecule has 0 unspecified atom stereocenters. The van der Waals surface area contributed by atoms with Crippen LogP contribution in [0.2, 0.25) is 0 Å². The van der Waals surface area contributed by atoms with Gasteiger partial charge >= 0.3 is 0 Å². The zero-order valence-corrected chi connectivity index (χ0v) is 21.5. The predicted molar refractivity (Wildman–Crippen MR) is 136 cm³/mol. The Balaban J connectivity index is 1.64. The molecule has 0 atom stereocenters. The van der Waals surface area contributed by atoms with Crippen molar-refractivity contribution in [2.45, 2.75) is 29.7 Å². The van der Waals surface area contributed by atoms with Crippen LogP contribution in [-0.2, 0) is 31.0 Å². The van der Waals surface area contributed by atoms with Gasteiger partial charge in [0.25, 0.3) is 0 Å². The van der Waals surface area contributed by atoms with Crippen LogP contribution in [0.1, 0.15) is 17.5 Å². The number of pyridine rings is 1. The quantitative estimate of drug-likeness (QED) is 0.341. The maximum atomic E-state index is 13.3. The monoisotopic (exact) mass is 529 g/mol. The summed E-state index contributed by atoms with van der Waals surface area (Å²) in [6.07, 6.45) is 4.14. The van der Waals surface area contributed by atoms with Crippen molar-refractivity contribution in [1.82, 2.24) is 9.97 Å². The number of anilines is 1. The molecule has 0 spiro atoms. The molecule has 0 fully saturated rings. The number of aryl methyl sites for hydroxylation is 1. The maximum absolute atomic E-state index is 13.3. The third-order valence-corrected chi connectivity index (χ3v) is 9.22. The molecule has 2 aromatic heterocycles. The molecule has 8 nitrogen and oxygen atoms in total. The molecule has 0 saturated carbocycles. The van der Waals surface area contributed by atoms with Gasteiger partial charge in [-0.3, -0.25) is 14.7 Å². The second-order valence-electron chi connectivity index (χ2n) is 8.12. The summed E-state index contributed by atoms with van der Waals surface area (Å²) >= 11 is 1.17. The van der Waals surface area contributed by atoms with Crippen LogP contribution in [0.3, 0.4) is 0 Å². The lowest BCUT2D eigenvalue weighted by atomic mass is 10.2. The summed E-state index contributed by atoms with van der Waals surface area (Å²) in [5.74, 6) is -0.756. The van der Waals surface area contributed by atoms with Gasteiger partial charge in [0, 0.05) is 25.1 Å². The van der Waals surface area contributed by atoms with Crippen molar-refractivity contribution in [3.8, 4) is 0 Å². The lowest BCUT2D eigenvalue weighted by molar-refractivity contribution is -0.118. The van der Waals surface area contributed by atoms with Crippen molar-refractivity contribution in [2.24, 2.45) is 0 Å². The molecule has 0 bridgehead atoms. The fraction of sp³-hybridized carbons (Fsp3) is 0.208. The van der Waals surface area contributed by atoms with Gasteiger partial charge in [0.05, 0.1) is 32.3 Å². The number of aromatic nitrogens is 2. The normalized spacial score (nSPS) is 12.1. The molecule has 2 aromatic carbocycles. The summed E-state index contributed by atoms with van der Waals surface area (Å²) in [6, 6.07) is 14.7. The Hall–Kier alpha value is -3.15. The van der Waals surface area contributed by atoms with E-state index in [1.54, 1.807) is 36.7 Å². The van der Waals surface area contributed by atoms with Crippen molar-refractivity contribution < 1.29 is 21.6 Å². The number of carbonyl (C=O) groups excluding carboxylic acids is 1. The van der Waals surface area contributed by atoms with Crippen LogP contribution in [0.15, 0.2) is 76.8 Å². The third kappa shape index (κ3) is 5.92. The van der Waals surface area contributed by atoms with Crippen molar-refractivity contribution >= 4 is 52.3 Å². The van der Waals surface area contributed by atoms with Crippen LogP contribution in [-0.4, -0.2) is 44.7 Å². The lowest BCUT2D eigenvalue weighted by Gasteiger charge is -2.20. The zero-order valence-electron chi connectivity index (χ0n) is 19.1. The van der Waals surface area contributed by atoms with E-state index in [0.29, 0.717) is 15.3 Å². The minimum Gasteiger partial charge on any atom is -0.284 e. The van der Waals surface area contributed by atoms with Gasteiger partial charge in [-0.15, -0.1) is 0 Å². The molecule has 0 aliphatic rings. The Morgan fingerprint density at radius 2 is 1.71 bits per heavy atom. The van der Waals surface area contributed by atoms with Crippen LogP contribution in [0.4, 0.5) is 5.13 Å². The molecule has 0 radical (unpaired) electrons.